The molecule has 0 saturated carbocycles. The van der Waals surface area contributed by atoms with Crippen LogP contribution in [0.2, 0.25) is 10.0 Å². The molecule has 1 heterocycles. The Balaban J connectivity index is 1.92. The SMILES string of the molecule is COc1ccc(/C=C/c2nc3ccccc3c(=O)n2-c2ccc(Cl)cc2Cl)cc1Br. The predicted molar refractivity (Wildman–Crippen MR) is 127 cm³/mol. The number of hydrogen-bond donors (Lipinski definition) is 0. The standard InChI is InChI=1S/C23H15BrCl2N2O2/c1-30-21-10-6-14(12-17(21)24)7-11-22-27-19-5-3-2-4-16(19)23(29)28(22)20-9-8-15(25)13-18(20)26/h2-13H,1H3/b11-7+. The normalized spacial score (nSPS) is 11.3. The van der Waals surface area contributed by atoms with Crippen LogP contribution in [0.15, 0.2) is 69.9 Å². The van der Waals surface area contributed by atoms with Crippen molar-refractivity contribution in [3.63, 3.8) is 0 Å². The monoisotopic (exact) mass is 500 g/mol. The average molecular weight is 502 g/mol. The molecule has 30 heavy (non-hydrogen) atoms. The van der Waals surface area contributed by atoms with Crippen molar-refractivity contribution in [1.82, 2.24) is 9.55 Å². The average Bonchev–Trinajstić information content (AvgIpc) is 2.73. The third-order valence-electron chi connectivity index (χ3n) is 4.55. The van der Waals surface area contributed by atoms with E-state index in [1.54, 1.807) is 37.5 Å². The van der Waals surface area contributed by atoms with Gasteiger partial charge in [-0.25, -0.2) is 4.98 Å². The maximum Gasteiger partial charge on any atom is 0.266 e. The fourth-order valence-corrected chi connectivity index (χ4v) is 4.17. The van der Waals surface area contributed by atoms with Gasteiger partial charge in [0, 0.05) is 5.02 Å². The molecule has 4 nitrogen and oxygen atoms in total. The van der Waals surface area contributed by atoms with Gasteiger partial charge in [0.1, 0.15) is 11.6 Å². The van der Waals surface area contributed by atoms with E-state index in [9.17, 15) is 4.79 Å². The highest BCUT2D eigenvalue weighted by molar-refractivity contribution is 9.10. The summed E-state index contributed by atoms with van der Waals surface area (Å²) in [5, 5.41) is 1.36. The van der Waals surface area contributed by atoms with Gasteiger partial charge in [-0.2, -0.15) is 0 Å². The minimum atomic E-state index is -0.208. The molecule has 0 N–H and O–H groups in total. The number of aromatic nitrogens is 2. The molecule has 0 aliphatic heterocycles. The van der Waals surface area contributed by atoms with Gasteiger partial charge >= 0.3 is 0 Å². The van der Waals surface area contributed by atoms with E-state index in [0.717, 1.165) is 15.8 Å². The van der Waals surface area contributed by atoms with Gasteiger partial charge in [0.25, 0.3) is 5.56 Å². The van der Waals surface area contributed by atoms with Crippen LogP contribution in [0.3, 0.4) is 0 Å². The number of nitrogens with zero attached hydrogens (tertiary/aromatic N) is 2. The number of halogens is 3. The molecule has 0 aliphatic carbocycles. The summed E-state index contributed by atoms with van der Waals surface area (Å²) in [6, 6.07) is 17.9. The van der Waals surface area contributed by atoms with Crippen LogP contribution >= 0.6 is 39.1 Å². The largest absolute Gasteiger partial charge is 0.496 e. The van der Waals surface area contributed by atoms with Gasteiger partial charge in [-0.05, 0) is 70.0 Å². The lowest BCUT2D eigenvalue weighted by molar-refractivity contribution is 0.412. The highest BCUT2D eigenvalue weighted by atomic mass is 79.9. The lowest BCUT2D eigenvalue weighted by Crippen LogP contribution is -2.22. The van der Waals surface area contributed by atoms with Crippen LogP contribution in [-0.4, -0.2) is 16.7 Å². The highest BCUT2D eigenvalue weighted by Gasteiger charge is 2.14. The second kappa shape index (κ2) is 8.64. The predicted octanol–water partition coefficient (Wildman–Crippen LogP) is 6.63. The quantitative estimate of drug-likeness (QED) is 0.315. The molecule has 4 rings (SSSR count). The first-order chi connectivity index (χ1) is 14.5. The van der Waals surface area contributed by atoms with E-state index in [-0.39, 0.29) is 5.56 Å². The summed E-state index contributed by atoms with van der Waals surface area (Å²) in [7, 11) is 1.61. The van der Waals surface area contributed by atoms with Crippen molar-refractivity contribution in [3.8, 4) is 11.4 Å². The third kappa shape index (κ3) is 4.01. The summed E-state index contributed by atoms with van der Waals surface area (Å²) >= 11 is 15.9. The number of hydrogen-bond acceptors (Lipinski definition) is 3. The molecule has 0 saturated heterocycles. The molecule has 150 valence electrons. The summed E-state index contributed by atoms with van der Waals surface area (Å²) in [5.41, 5.74) is 1.83. The number of benzene rings is 3. The summed E-state index contributed by atoms with van der Waals surface area (Å²) in [4.78, 5) is 18.0. The lowest BCUT2D eigenvalue weighted by Gasteiger charge is -2.13. The Hall–Kier alpha value is -2.60. The molecule has 0 aliphatic rings. The second-order valence-electron chi connectivity index (χ2n) is 6.45. The van der Waals surface area contributed by atoms with E-state index >= 15 is 0 Å². The van der Waals surface area contributed by atoms with Crippen LogP contribution < -0.4 is 10.3 Å². The number of ether oxygens (including phenoxy) is 1. The van der Waals surface area contributed by atoms with Crippen molar-refractivity contribution in [1.29, 1.82) is 0 Å². The van der Waals surface area contributed by atoms with Crippen LogP contribution in [0.4, 0.5) is 0 Å². The number of fused-ring (bicyclic) bond motifs is 1. The van der Waals surface area contributed by atoms with Gasteiger partial charge in [0.15, 0.2) is 0 Å². The fraction of sp³-hybridized carbons (Fsp3) is 0.0435. The molecule has 7 heteroatoms. The van der Waals surface area contributed by atoms with Crippen LogP contribution in [-0.2, 0) is 0 Å². The molecule has 0 bridgehead atoms. The maximum absolute atomic E-state index is 13.3. The van der Waals surface area contributed by atoms with Crippen LogP contribution in [0.5, 0.6) is 5.75 Å². The molecule has 0 spiro atoms. The minimum absolute atomic E-state index is 0.208. The zero-order valence-electron chi connectivity index (χ0n) is 15.8. The number of rotatable bonds is 4. The van der Waals surface area contributed by atoms with Gasteiger partial charge in [0.2, 0.25) is 0 Å². The summed E-state index contributed by atoms with van der Waals surface area (Å²) in [6.07, 6.45) is 3.66. The van der Waals surface area contributed by atoms with Gasteiger partial charge in [0.05, 0.1) is 33.2 Å². The molecule has 0 amide bonds. The van der Waals surface area contributed by atoms with E-state index < -0.39 is 0 Å². The first kappa shape index (κ1) is 20.7. The molecule has 4 aromatic rings. The zero-order chi connectivity index (χ0) is 21.3. The summed E-state index contributed by atoms with van der Waals surface area (Å²) in [5.74, 6) is 1.19. The third-order valence-corrected chi connectivity index (χ3v) is 5.71. The summed E-state index contributed by atoms with van der Waals surface area (Å²) in [6.45, 7) is 0. The molecule has 3 aromatic carbocycles. The number of methoxy groups -OCH3 is 1. The smallest absolute Gasteiger partial charge is 0.266 e. The van der Waals surface area contributed by atoms with Crippen molar-refractivity contribution >= 4 is 62.2 Å². The minimum Gasteiger partial charge on any atom is -0.496 e. The topological polar surface area (TPSA) is 44.1 Å². The van der Waals surface area contributed by atoms with E-state index in [1.807, 2.05) is 42.5 Å². The van der Waals surface area contributed by atoms with Crippen LogP contribution in [0, 0.1) is 0 Å². The van der Waals surface area contributed by atoms with Crippen molar-refractivity contribution in [2.45, 2.75) is 0 Å². The van der Waals surface area contributed by atoms with Crippen molar-refractivity contribution in [2.24, 2.45) is 0 Å². The fourth-order valence-electron chi connectivity index (χ4n) is 3.11. The first-order valence-corrected chi connectivity index (χ1v) is 10.5. The van der Waals surface area contributed by atoms with Crippen LogP contribution in [0.25, 0.3) is 28.7 Å². The van der Waals surface area contributed by atoms with E-state index in [4.69, 9.17) is 32.9 Å². The van der Waals surface area contributed by atoms with Gasteiger partial charge in [-0.3, -0.25) is 9.36 Å². The van der Waals surface area contributed by atoms with Crippen molar-refractivity contribution in [3.05, 3.63) is 96.9 Å². The summed E-state index contributed by atoms with van der Waals surface area (Å²) < 4.78 is 7.60. The van der Waals surface area contributed by atoms with E-state index in [1.165, 1.54) is 4.57 Å². The Morgan fingerprint density at radius 1 is 1.03 bits per heavy atom. The Labute approximate surface area is 191 Å². The Morgan fingerprint density at radius 2 is 1.83 bits per heavy atom. The molecule has 0 atom stereocenters. The van der Waals surface area contributed by atoms with Crippen molar-refractivity contribution in [2.75, 3.05) is 7.11 Å². The van der Waals surface area contributed by atoms with Gasteiger partial charge in [-0.1, -0.05) is 47.5 Å². The molecular formula is C23H15BrCl2N2O2. The molecular weight excluding hydrogens is 487 g/mol. The molecule has 0 unspecified atom stereocenters. The lowest BCUT2D eigenvalue weighted by atomic mass is 10.2. The van der Waals surface area contributed by atoms with Gasteiger partial charge in [-0.15, -0.1) is 0 Å². The first-order valence-electron chi connectivity index (χ1n) is 8.97. The second-order valence-corrected chi connectivity index (χ2v) is 8.15. The molecule has 1 aromatic heterocycles. The van der Waals surface area contributed by atoms with Crippen molar-refractivity contribution < 1.29 is 4.74 Å². The molecule has 0 fully saturated rings. The van der Waals surface area contributed by atoms with Crippen LogP contribution in [0.1, 0.15) is 11.4 Å². The zero-order valence-corrected chi connectivity index (χ0v) is 18.9. The van der Waals surface area contributed by atoms with Gasteiger partial charge < -0.3 is 4.74 Å². The highest BCUT2D eigenvalue weighted by Crippen LogP contribution is 2.27. The van der Waals surface area contributed by atoms with E-state index in [2.05, 4.69) is 15.9 Å². The Morgan fingerprint density at radius 3 is 2.57 bits per heavy atom. The Kier molecular flexibility index (Phi) is 5.95. The number of para-hydroxylation sites is 1. The maximum atomic E-state index is 13.3. The molecule has 0 radical (unpaired) electrons. The Bertz CT molecular complexity index is 1350. The van der Waals surface area contributed by atoms with E-state index in [0.29, 0.717) is 32.5 Å².